The van der Waals surface area contributed by atoms with Crippen LogP contribution in [0.25, 0.3) is 0 Å². The van der Waals surface area contributed by atoms with Crippen LogP contribution in [0.4, 0.5) is 0 Å². The zero-order valence-corrected chi connectivity index (χ0v) is 15.6. The van der Waals surface area contributed by atoms with E-state index < -0.39 is 0 Å². The average molecular weight is 338 g/mol. The Morgan fingerprint density at radius 3 is 1.92 bits per heavy atom. The molecule has 0 unspecified atom stereocenters. The van der Waals surface area contributed by atoms with Crippen molar-refractivity contribution < 1.29 is 9.39 Å². The monoisotopic (exact) mass is 338 g/mol. The molecule has 1 aromatic rings. The first kappa shape index (κ1) is 19.6. The van der Waals surface area contributed by atoms with Gasteiger partial charge in [-0.15, -0.1) is 0 Å². The van der Waals surface area contributed by atoms with Crippen LogP contribution in [0, 0.1) is 36.2 Å². The van der Waals surface area contributed by atoms with E-state index in [0.717, 1.165) is 23.1 Å². The van der Waals surface area contributed by atoms with Crippen LogP contribution in [0.5, 0.6) is 5.75 Å². The molecule has 25 heavy (non-hydrogen) atoms. The van der Waals surface area contributed by atoms with Crippen molar-refractivity contribution in [3.63, 3.8) is 0 Å². The van der Waals surface area contributed by atoms with E-state index >= 15 is 0 Å². The third-order valence-electron chi connectivity index (χ3n) is 5.56. The van der Waals surface area contributed by atoms with E-state index in [0.29, 0.717) is 12.0 Å². The van der Waals surface area contributed by atoms with Crippen molar-refractivity contribution in [2.75, 3.05) is 0 Å². The van der Waals surface area contributed by atoms with Crippen LogP contribution >= 0.6 is 0 Å². The Hall–Kier alpha value is -1.68. The molecule has 0 saturated heterocycles. The van der Waals surface area contributed by atoms with Gasteiger partial charge in [0.25, 0.3) is 0 Å². The zero-order valence-electron chi connectivity index (χ0n) is 15.6. The Morgan fingerprint density at radius 2 is 1.36 bits per heavy atom. The Kier molecular flexibility index (Phi) is 8.13. The maximum atomic E-state index is 7.50. The van der Waals surface area contributed by atoms with Gasteiger partial charge in [0.2, 0.25) is 0 Å². The molecule has 0 aliphatic heterocycles. The topological polar surface area (TPSA) is 29.1 Å². The molecule has 0 amide bonds. The second-order valence-corrected chi connectivity index (χ2v) is 7.75. The molecule has 2 fully saturated rings. The molecule has 0 aromatic heterocycles. The molecule has 2 aliphatic rings. The predicted molar refractivity (Wildman–Crippen MR) is 100 cm³/mol. The first-order chi connectivity index (χ1) is 12.2. The first-order valence-corrected chi connectivity index (χ1v) is 9.67. The van der Waals surface area contributed by atoms with Gasteiger partial charge in [0.1, 0.15) is 5.75 Å². The maximum absolute atomic E-state index is 7.50. The van der Waals surface area contributed by atoms with Crippen LogP contribution in [0.2, 0.25) is 0 Å². The average Bonchev–Trinajstić information content (AvgIpc) is 2.66. The minimum atomic E-state index is 0.410. The van der Waals surface area contributed by atoms with Gasteiger partial charge in [-0.25, -0.2) is 0 Å². The summed E-state index contributed by atoms with van der Waals surface area (Å²) in [6.45, 7) is 9.20. The summed E-state index contributed by atoms with van der Waals surface area (Å²) in [6, 6.07) is 8.40. The van der Waals surface area contributed by atoms with Crippen molar-refractivity contribution in [3.05, 3.63) is 36.5 Å². The SMILES string of the molecule is CC1CCC(C#Cc2ccc(OC3CCC(C)CC3)cc2)CC1.[C-]#[O+]. The Morgan fingerprint density at radius 1 is 0.840 bits per heavy atom. The van der Waals surface area contributed by atoms with Gasteiger partial charge in [0.05, 0.1) is 6.10 Å². The van der Waals surface area contributed by atoms with Crippen LogP contribution in [0.1, 0.15) is 70.8 Å². The van der Waals surface area contributed by atoms with Crippen LogP contribution in [0.3, 0.4) is 0 Å². The van der Waals surface area contributed by atoms with Gasteiger partial charge in [-0.3, -0.25) is 0 Å². The second kappa shape index (κ2) is 10.3. The summed E-state index contributed by atoms with van der Waals surface area (Å²) < 4.78 is 13.6. The summed E-state index contributed by atoms with van der Waals surface area (Å²) in [7, 11) is 0. The fraction of sp³-hybridized carbons (Fsp3) is 0.609. The first-order valence-electron chi connectivity index (χ1n) is 9.67. The quantitative estimate of drug-likeness (QED) is 0.381. The molecular weight excluding hydrogens is 308 g/mol. The van der Waals surface area contributed by atoms with Crippen LogP contribution in [0.15, 0.2) is 24.3 Å². The molecule has 2 nitrogen and oxygen atoms in total. The molecule has 0 heterocycles. The fourth-order valence-corrected chi connectivity index (χ4v) is 3.75. The van der Waals surface area contributed by atoms with Gasteiger partial charge in [0, 0.05) is 11.5 Å². The van der Waals surface area contributed by atoms with Crippen molar-refractivity contribution in [2.24, 2.45) is 17.8 Å². The fourth-order valence-electron chi connectivity index (χ4n) is 3.75. The standard InChI is InChI=1S/C22H30O.CO/c1-17-3-7-19(8-4-17)9-10-20-11-15-22(16-12-20)23-21-13-5-18(2)6-14-21;1-2/h11-12,15-19,21H,3-8,13-14H2,1-2H3;. The van der Waals surface area contributed by atoms with E-state index in [9.17, 15) is 0 Å². The number of hydrogen-bond donors (Lipinski definition) is 0. The predicted octanol–water partition coefficient (Wildman–Crippen LogP) is 5.78. The summed E-state index contributed by atoms with van der Waals surface area (Å²) in [4.78, 5) is 0. The van der Waals surface area contributed by atoms with Gasteiger partial charge in [-0.1, -0.05) is 25.7 Å². The molecule has 0 radical (unpaired) electrons. The van der Waals surface area contributed by atoms with E-state index in [-0.39, 0.29) is 0 Å². The summed E-state index contributed by atoms with van der Waals surface area (Å²) in [5, 5.41) is 0. The Bertz CT molecular complexity index is 574. The number of benzene rings is 1. The molecule has 3 rings (SSSR count). The van der Waals surface area contributed by atoms with Crippen LogP contribution in [-0.2, 0) is 4.65 Å². The van der Waals surface area contributed by atoms with Gasteiger partial charge < -0.3 is 4.74 Å². The van der Waals surface area contributed by atoms with E-state index in [2.05, 4.69) is 56.6 Å². The van der Waals surface area contributed by atoms with Crippen molar-refractivity contribution in [1.82, 2.24) is 0 Å². The Labute approximate surface area is 153 Å². The summed E-state index contributed by atoms with van der Waals surface area (Å²) >= 11 is 0. The number of hydrogen-bond acceptors (Lipinski definition) is 1. The molecule has 0 bridgehead atoms. The van der Waals surface area contributed by atoms with E-state index in [1.807, 2.05) is 0 Å². The summed E-state index contributed by atoms with van der Waals surface area (Å²) in [6.07, 6.45) is 10.6. The molecule has 2 saturated carbocycles. The molecule has 0 atom stereocenters. The van der Waals surface area contributed by atoms with Crippen molar-refractivity contribution >= 4 is 0 Å². The van der Waals surface area contributed by atoms with E-state index in [4.69, 9.17) is 9.39 Å². The Balaban J connectivity index is 0.00000109. The normalized spacial score (nSPS) is 28.6. The van der Waals surface area contributed by atoms with E-state index in [1.54, 1.807) is 0 Å². The van der Waals surface area contributed by atoms with Crippen molar-refractivity contribution in [1.29, 1.82) is 0 Å². The van der Waals surface area contributed by atoms with Gasteiger partial charge in [-0.05, 0) is 87.5 Å². The third-order valence-corrected chi connectivity index (χ3v) is 5.56. The molecule has 1 aromatic carbocycles. The zero-order chi connectivity index (χ0) is 18.1. The molecule has 0 spiro atoms. The number of ether oxygens (including phenoxy) is 1. The van der Waals surface area contributed by atoms with E-state index in [1.165, 1.54) is 51.4 Å². The van der Waals surface area contributed by atoms with Crippen molar-refractivity contribution in [2.45, 2.75) is 71.3 Å². The minimum absolute atomic E-state index is 0.410. The number of rotatable bonds is 2. The van der Waals surface area contributed by atoms with Crippen LogP contribution in [-0.4, -0.2) is 6.10 Å². The molecule has 2 heteroatoms. The van der Waals surface area contributed by atoms with Gasteiger partial charge in [-0.2, -0.15) is 0 Å². The van der Waals surface area contributed by atoms with Crippen LogP contribution < -0.4 is 4.74 Å². The van der Waals surface area contributed by atoms with Gasteiger partial charge >= 0.3 is 11.3 Å². The summed E-state index contributed by atoms with van der Waals surface area (Å²) in [5.41, 5.74) is 1.12. The molecule has 134 valence electrons. The van der Waals surface area contributed by atoms with Gasteiger partial charge in [0.15, 0.2) is 0 Å². The second-order valence-electron chi connectivity index (χ2n) is 7.75. The molecule has 2 aliphatic carbocycles. The third kappa shape index (κ3) is 6.62. The molecular formula is C23H30O2. The molecule has 0 N–H and O–H groups in total. The summed E-state index contributed by atoms with van der Waals surface area (Å²) in [5.74, 6) is 10.2. The van der Waals surface area contributed by atoms with Crippen molar-refractivity contribution in [3.8, 4) is 17.6 Å².